The monoisotopic (exact) mass is 442 g/mol. The predicted octanol–water partition coefficient (Wildman–Crippen LogP) is 4.88. The molecule has 0 bridgehead atoms. The van der Waals surface area contributed by atoms with Crippen LogP contribution in [0.1, 0.15) is 42.5 Å². The molecule has 4 rings (SSSR count). The van der Waals surface area contributed by atoms with Gasteiger partial charge in [0.1, 0.15) is 11.5 Å². The lowest BCUT2D eigenvalue weighted by Crippen LogP contribution is -2.29. The molecule has 168 valence electrons. The van der Waals surface area contributed by atoms with Gasteiger partial charge in [-0.3, -0.25) is 14.6 Å². The molecule has 0 saturated carbocycles. The molecule has 1 saturated heterocycles. The zero-order valence-corrected chi connectivity index (χ0v) is 18.5. The van der Waals surface area contributed by atoms with Crippen molar-refractivity contribution < 1.29 is 19.4 Å². The molecule has 1 atom stereocenters. The van der Waals surface area contributed by atoms with E-state index < -0.39 is 17.7 Å². The molecule has 1 aromatic heterocycles. The lowest BCUT2D eigenvalue weighted by molar-refractivity contribution is -0.140. The van der Waals surface area contributed by atoms with Crippen molar-refractivity contribution in [2.75, 3.05) is 6.61 Å². The Morgan fingerprint density at radius 2 is 1.79 bits per heavy atom. The van der Waals surface area contributed by atoms with Crippen LogP contribution in [-0.2, 0) is 16.1 Å². The third-order valence-electron chi connectivity index (χ3n) is 5.63. The Morgan fingerprint density at radius 3 is 2.52 bits per heavy atom. The van der Waals surface area contributed by atoms with Crippen LogP contribution in [0.25, 0.3) is 5.76 Å². The molecule has 0 spiro atoms. The number of aliphatic hydroxyl groups is 1. The number of nitrogens with zero attached hydrogens (tertiary/aromatic N) is 2. The average Bonchev–Trinajstić information content (AvgIpc) is 3.10. The fourth-order valence-corrected chi connectivity index (χ4v) is 3.93. The minimum absolute atomic E-state index is 0.0750. The molecule has 0 radical (unpaired) electrons. The van der Waals surface area contributed by atoms with Crippen molar-refractivity contribution in [3.05, 3.63) is 101 Å². The largest absolute Gasteiger partial charge is 0.507 e. The van der Waals surface area contributed by atoms with Crippen LogP contribution in [0.3, 0.4) is 0 Å². The van der Waals surface area contributed by atoms with Gasteiger partial charge in [0.05, 0.1) is 18.2 Å². The highest BCUT2D eigenvalue weighted by atomic mass is 16.5. The zero-order chi connectivity index (χ0) is 23.2. The third-order valence-corrected chi connectivity index (χ3v) is 5.63. The van der Waals surface area contributed by atoms with Crippen molar-refractivity contribution in [2.45, 2.75) is 32.4 Å². The van der Waals surface area contributed by atoms with Gasteiger partial charge in [-0.05, 0) is 41.8 Å². The number of aromatic nitrogens is 1. The number of aliphatic hydroxyl groups excluding tert-OH is 1. The summed E-state index contributed by atoms with van der Waals surface area (Å²) in [5, 5.41) is 11.2. The molecular formula is C27H26N2O4. The Kier molecular flexibility index (Phi) is 6.83. The number of benzene rings is 2. The van der Waals surface area contributed by atoms with E-state index in [9.17, 15) is 14.7 Å². The number of rotatable bonds is 8. The number of amides is 1. The maximum Gasteiger partial charge on any atom is 0.295 e. The van der Waals surface area contributed by atoms with Crippen LogP contribution in [-0.4, -0.2) is 33.3 Å². The number of hydrogen-bond acceptors (Lipinski definition) is 5. The van der Waals surface area contributed by atoms with E-state index in [0.29, 0.717) is 17.9 Å². The first kappa shape index (κ1) is 22.3. The number of ketones is 1. The van der Waals surface area contributed by atoms with Gasteiger partial charge in [-0.25, -0.2) is 0 Å². The van der Waals surface area contributed by atoms with E-state index in [0.717, 1.165) is 24.0 Å². The van der Waals surface area contributed by atoms with E-state index in [-0.39, 0.29) is 17.9 Å². The minimum Gasteiger partial charge on any atom is -0.507 e. The van der Waals surface area contributed by atoms with Gasteiger partial charge in [-0.1, -0.05) is 55.8 Å². The van der Waals surface area contributed by atoms with Gasteiger partial charge in [0.2, 0.25) is 0 Å². The summed E-state index contributed by atoms with van der Waals surface area (Å²) >= 11 is 0. The molecule has 6 nitrogen and oxygen atoms in total. The van der Waals surface area contributed by atoms with Crippen LogP contribution in [0, 0.1) is 0 Å². The van der Waals surface area contributed by atoms with Crippen molar-refractivity contribution in [2.24, 2.45) is 0 Å². The fraction of sp³-hybridized carbons (Fsp3) is 0.222. The molecule has 3 aromatic rings. The van der Waals surface area contributed by atoms with Crippen LogP contribution in [0.2, 0.25) is 0 Å². The van der Waals surface area contributed by atoms with Crippen molar-refractivity contribution >= 4 is 17.4 Å². The maximum absolute atomic E-state index is 13.1. The maximum atomic E-state index is 13.1. The van der Waals surface area contributed by atoms with Gasteiger partial charge in [0.25, 0.3) is 11.7 Å². The van der Waals surface area contributed by atoms with Gasteiger partial charge in [0.15, 0.2) is 0 Å². The normalized spacial score (nSPS) is 17.4. The third kappa shape index (κ3) is 4.80. The van der Waals surface area contributed by atoms with Crippen molar-refractivity contribution in [3.8, 4) is 5.75 Å². The Hall–Kier alpha value is -3.93. The summed E-state index contributed by atoms with van der Waals surface area (Å²) in [6, 6.07) is 19.2. The highest BCUT2D eigenvalue weighted by molar-refractivity contribution is 6.46. The smallest absolute Gasteiger partial charge is 0.295 e. The van der Waals surface area contributed by atoms with Crippen LogP contribution < -0.4 is 4.74 Å². The van der Waals surface area contributed by atoms with E-state index in [1.54, 1.807) is 42.7 Å². The highest BCUT2D eigenvalue weighted by Gasteiger charge is 2.46. The molecule has 1 amide bonds. The molecule has 1 N–H and O–H groups in total. The van der Waals surface area contributed by atoms with Gasteiger partial charge in [0, 0.05) is 24.5 Å². The number of carbonyl (C=O) groups is 2. The van der Waals surface area contributed by atoms with Gasteiger partial charge in [-0.15, -0.1) is 0 Å². The molecule has 1 aliphatic rings. The predicted molar refractivity (Wildman–Crippen MR) is 125 cm³/mol. The van der Waals surface area contributed by atoms with E-state index >= 15 is 0 Å². The quantitative estimate of drug-likeness (QED) is 0.233. The van der Waals surface area contributed by atoms with E-state index in [4.69, 9.17) is 4.74 Å². The molecule has 1 aliphatic heterocycles. The van der Waals surface area contributed by atoms with E-state index in [1.165, 1.54) is 4.90 Å². The summed E-state index contributed by atoms with van der Waals surface area (Å²) in [6.07, 6.45) is 5.23. The van der Waals surface area contributed by atoms with E-state index in [1.807, 2.05) is 36.4 Å². The molecule has 0 aliphatic carbocycles. The summed E-state index contributed by atoms with van der Waals surface area (Å²) in [5.41, 5.74) is 2.11. The SMILES string of the molecule is CCCCOc1cccc(/C(O)=C2\C(=O)C(=O)N(Cc3ccncc3)C2c2ccccc2)c1. The lowest BCUT2D eigenvalue weighted by atomic mass is 9.95. The fourth-order valence-electron chi connectivity index (χ4n) is 3.93. The first-order chi connectivity index (χ1) is 16.1. The van der Waals surface area contributed by atoms with Crippen molar-refractivity contribution in [3.63, 3.8) is 0 Å². The number of likely N-dealkylation sites (tertiary alicyclic amines) is 1. The minimum atomic E-state index is -0.705. The van der Waals surface area contributed by atoms with Gasteiger partial charge in [-0.2, -0.15) is 0 Å². The first-order valence-corrected chi connectivity index (χ1v) is 11.1. The zero-order valence-electron chi connectivity index (χ0n) is 18.5. The van der Waals surface area contributed by atoms with Gasteiger partial charge < -0.3 is 14.7 Å². The lowest BCUT2D eigenvalue weighted by Gasteiger charge is -2.25. The molecule has 1 unspecified atom stereocenters. The van der Waals surface area contributed by atoms with Crippen molar-refractivity contribution in [1.29, 1.82) is 0 Å². The Labute approximate surface area is 193 Å². The number of hydrogen-bond donors (Lipinski definition) is 1. The molecule has 2 heterocycles. The number of ether oxygens (including phenoxy) is 1. The number of pyridine rings is 1. The Bertz CT molecular complexity index is 1160. The highest BCUT2D eigenvalue weighted by Crippen LogP contribution is 2.40. The van der Waals surface area contributed by atoms with Crippen LogP contribution in [0.5, 0.6) is 5.75 Å². The van der Waals surface area contributed by atoms with Crippen LogP contribution in [0.4, 0.5) is 0 Å². The van der Waals surface area contributed by atoms with E-state index in [2.05, 4.69) is 11.9 Å². The summed E-state index contributed by atoms with van der Waals surface area (Å²) in [4.78, 5) is 31.7. The molecule has 33 heavy (non-hydrogen) atoms. The number of carbonyl (C=O) groups excluding carboxylic acids is 2. The molecular weight excluding hydrogens is 416 g/mol. The van der Waals surface area contributed by atoms with Crippen LogP contribution >= 0.6 is 0 Å². The second-order valence-corrected chi connectivity index (χ2v) is 7.92. The summed E-state index contributed by atoms with van der Waals surface area (Å²) < 4.78 is 5.76. The molecule has 1 fully saturated rings. The second kappa shape index (κ2) is 10.1. The number of unbranched alkanes of at least 4 members (excludes halogenated alkanes) is 1. The molecule has 6 heteroatoms. The topological polar surface area (TPSA) is 79.7 Å². The summed E-state index contributed by atoms with van der Waals surface area (Å²) in [7, 11) is 0. The average molecular weight is 443 g/mol. The molecule has 2 aromatic carbocycles. The Morgan fingerprint density at radius 1 is 1.03 bits per heavy atom. The van der Waals surface area contributed by atoms with Gasteiger partial charge >= 0.3 is 0 Å². The first-order valence-electron chi connectivity index (χ1n) is 11.1. The second-order valence-electron chi connectivity index (χ2n) is 7.92. The standard InChI is InChI=1S/C27H26N2O4/c1-2-3-16-33-22-11-7-10-21(17-22)25(30)23-24(20-8-5-4-6-9-20)29(27(32)26(23)31)18-19-12-14-28-15-13-19/h4-15,17,24,30H,2-3,16,18H2,1H3/b25-23+. The summed E-state index contributed by atoms with van der Waals surface area (Å²) in [5.74, 6) is -0.944. The van der Waals surface area contributed by atoms with Crippen molar-refractivity contribution in [1.82, 2.24) is 9.88 Å². The Balaban J connectivity index is 1.76. The number of Topliss-reactive ketones (excluding diaryl/α,β-unsaturated/α-hetero) is 1. The van der Waals surface area contributed by atoms with Crippen LogP contribution in [0.15, 0.2) is 84.7 Å². The summed E-state index contributed by atoms with van der Waals surface area (Å²) in [6.45, 7) is 2.88.